The van der Waals surface area contributed by atoms with Crippen LogP contribution in [0.5, 0.6) is 0 Å². The molecule has 1 aliphatic rings. The molecule has 0 saturated heterocycles. The van der Waals surface area contributed by atoms with Gasteiger partial charge in [0.1, 0.15) is 0 Å². The van der Waals surface area contributed by atoms with Crippen LogP contribution in [0.4, 0.5) is 0 Å². The van der Waals surface area contributed by atoms with Crippen molar-refractivity contribution in [3.8, 4) is 0 Å². The highest BCUT2D eigenvalue weighted by molar-refractivity contribution is 6.30. The first kappa shape index (κ1) is 9.53. The molecule has 0 unspecified atom stereocenters. The van der Waals surface area contributed by atoms with E-state index in [1.807, 2.05) is 19.1 Å². The van der Waals surface area contributed by atoms with Crippen LogP contribution < -0.4 is 5.73 Å². The maximum atomic E-state index is 10.9. The number of primary amides is 1. The summed E-state index contributed by atoms with van der Waals surface area (Å²) in [6.45, 7) is 2.00. The number of nitrogens with two attached hydrogens (primary N) is 1. The summed E-state index contributed by atoms with van der Waals surface area (Å²) in [5, 5.41) is 0.732. The first-order chi connectivity index (χ1) is 6.58. The highest BCUT2D eigenvalue weighted by Gasteiger charge is 2.42. The van der Waals surface area contributed by atoms with Gasteiger partial charge in [-0.1, -0.05) is 17.7 Å². The van der Waals surface area contributed by atoms with Crippen LogP contribution in [0.1, 0.15) is 23.5 Å². The first-order valence-corrected chi connectivity index (χ1v) is 5.02. The van der Waals surface area contributed by atoms with Gasteiger partial charge in [0, 0.05) is 10.9 Å². The third-order valence-electron chi connectivity index (χ3n) is 2.65. The van der Waals surface area contributed by atoms with Crippen LogP contribution in [-0.4, -0.2) is 5.91 Å². The summed E-state index contributed by atoms with van der Waals surface area (Å²) < 4.78 is 0. The van der Waals surface area contributed by atoms with E-state index in [2.05, 4.69) is 6.07 Å². The molecule has 0 spiro atoms. The third kappa shape index (κ3) is 1.75. The minimum atomic E-state index is -0.201. The number of hydrogen-bond acceptors (Lipinski definition) is 1. The minimum Gasteiger partial charge on any atom is -0.369 e. The lowest BCUT2D eigenvalue weighted by Gasteiger charge is -2.02. The molecule has 0 heterocycles. The van der Waals surface area contributed by atoms with Crippen LogP contribution in [0.3, 0.4) is 0 Å². The zero-order chi connectivity index (χ0) is 10.3. The molecule has 0 bridgehead atoms. The molecular formula is C11H12ClNO. The molecule has 1 aliphatic carbocycles. The Labute approximate surface area is 88.1 Å². The molecular weight excluding hydrogens is 198 g/mol. The van der Waals surface area contributed by atoms with Crippen molar-refractivity contribution >= 4 is 17.5 Å². The molecule has 0 aromatic heterocycles. The number of aryl methyl sites for hydroxylation is 1. The van der Waals surface area contributed by atoms with Gasteiger partial charge in [0.25, 0.3) is 0 Å². The normalized spacial score (nSPS) is 24.7. The number of rotatable bonds is 2. The molecule has 1 fully saturated rings. The monoisotopic (exact) mass is 209 g/mol. The van der Waals surface area contributed by atoms with Crippen molar-refractivity contribution in [2.75, 3.05) is 0 Å². The van der Waals surface area contributed by atoms with E-state index < -0.39 is 0 Å². The lowest BCUT2D eigenvalue weighted by molar-refractivity contribution is -0.119. The molecule has 1 aromatic rings. The largest absolute Gasteiger partial charge is 0.369 e. The maximum Gasteiger partial charge on any atom is 0.221 e. The standard InChI is InChI=1S/C11H12ClNO/c1-6-2-7(4-8(12)3-6)9-5-10(9)11(13)14/h2-4,9-10H,5H2,1H3,(H2,13,14)/t9-,10+/m1/s1. The molecule has 2 atom stereocenters. The number of carbonyl (C=O) groups is 1. The highest BCUT2D eigenvalue weighted by Crippen LogP contribution is 2.47. The van der Waals surface area contributed by atoms with E-state index in [4.69, 9.17) is 17.3 Å². The molecule has 2 nitrogen and oxygen atoms in total. The average Bonchev–Trinajstić information content (AvgIpc) is 2.79. The van der Waals surface area contributed by atoms with Crippen molar-refractivity contribution in [3.63, 3.8) is 0 Å². The van der Waals surface area contributed by atoms with E-state index in [9.17, 15) is 4.79 Å². The van der Waals surface area contributed by atoms with E-state index >= 15 is 0 Å². The van der Waals surface area contributed by atoms with Gasteiger partial charge in [0.05, 0.1) is 0 Å². The zero-order valence-electron chi connectivity index (χ0n) is 7.96. The summed E-state index contributed by atoms with van der Waals surface area (Å²) in [6.07, 6.45) is 0.870. The lowest BCUT2D eigenvalue weighted by atomic mass is 10.1. The molecule has 14 heavy (non-hydrogen) atoms. The van der Waals surface area contributed by atoms with Crippen molar-refractivity contribution in [2.24, 2.45) is 11.7 Å². The van der Waals surface area contributed by atoms with E-state index in [-0.39, 0.29) is 11.8 Å². The van der Waals surface area contributed by atoms with Gasteiger partial charge in [-0.3, -0.25) is 4.79 Å². The van der Waals surface area contributed by atoms with Gasteiger partial charge in [0.2, 0.25) is 5.91 Å². The predicted octanol–water partition coefficient (Wildman–Crippen LogP) is 2.24. The Morgan fingerprint density at radius 1 is 1.50 bits per heavy atom. The second kappa shape index (κ2) is 3.28. The number of halogens is 1. The Bertz CT molecular complexity index is 369. The fourth-order valence-electron chi connectivity index (χ4n) is 1.86. The van der Waals surface area contributed by atoms with E-state index in [1.165, 1.54) is 0 Å². The lowest BCUT2D eigenvalue weighted by Crippen LogP contribution is -2.13. The Hall–Kier alpha value is -1.02. The molecule has 2 rings (SSSR count). The van der Waals surface area contributed by atoms with E-state index in [1.54, 1.807) is 0 Å². The van der Waals surface area contributed by atoms with Gasteiger partial charge in [-0.25, -0.2) is 0 Å². The number of benzene rings is 1. The summed E-state index contributed by atoms with van der Waals surface area (Å²) in [7, 11) is 0. The Morgan fingerprint density at radius 2 is 2.21 bits per heavy atom. The Morgan fingerprint density at radius 3 is 2.71 bits per heavy atom. The minimum absolute atomic E-state index is 0.0212. The van der Waals surface area contributed by atoms with Crippen LogP contribution >= 0.6 is 11.6 Å². The van der Waals surface area contributed by atoms with Gasteiger partial charge in [0.15, 0.2) is 0 Å². The van der Waals surface area contributed by atoms with Crippen LogP contribution in [-0.2, 0) is 4.79 Å². The smallest absolute Gasteiger partial charge is 0.221 e. The Balaban J connectivity index is 2.23. The topological polar surface area (TPSA) is 43.1 Å². The van der Waals surface area contributed by atoms with Crippen molar-refractivity contribution in [1.29, 1.82) is 0 Å². The second-order valence-electron chi connectivity index (χ2n) is 3.91. The van der Waals surface area contributed by atoms with E-state index in [0.29, 0.717) is 5.92 Å². The van der Waals surface area contributed by atoms with Crippen LogP contribution in [0.15, 0.2) is 18.2 Å². The van der Waals surface area contributed by atoms with Crippen molar-refractivity contribution in [2.45, 2.75) is 19.3 Å². The summed E-state index contributed by atoms with van der Waals surface area (Å²) in [5.74, 6) is 0.116. The van der Waals surface area contributed by atoms with Crippen molar-refractivity contribution in [1.82, 2.24) is 0 Å². The molecule has 2 N–H and O–H groups in total. The van der Waals surface area contributed by atoms with Gasteiger partial charge >= 0.3 is 0 Å². The number of carbonyl (C=O) groups excluding carboxylic acids is 1. The Kier molecular flexibility index (Phi) is 2.23. The van der Waals surface area contributed by atoms with Crippen molar-refractivity contribution in [3.05, 3.63) is 34.3 Å². The second-order valence-corrected chi connectivity index (χ2v) is 4.35. The first-order valence-electron chi connectivity index (χ1n) is 4.64. The predicted molar refractivity (Wildman–Crippen MR) is 56.2 cm³/mol. The molecule has 1 saturated carbocycles. The summed E-state index contributed by atoms with van der Waals surface area (Å²) in [4.78, 5) is 10.9. The summed E-state index contributed by atoms with van der Waals surface area (Å²) in [6, 6.07) is 5.90. The zero-order valence-corrected chi connectivity index (χ0v) is 8.71. The quantitative estimate of drug-likeness (QED) is 0.798. The number of hydrogen-bond donors (Lipinski definition) is 1. The van der Waals surface area contributed by atoms with Gasteiger partial charge in [-0.05, 0) is 42.5 Å². The summed E-state index contributed by atoms with van der Waals surface area (Å²) in [5.41, 5.74) is 7.49. The fraction of sp³-hybridized carbons (Fsp3) is 0.364. The molecule has 1 amide bonds. The highest BCUT2D eigenvalue weighted by atomic mass is 35.5. The third-order valence-corrected chi connectivity index (χ3v) is 2.87. The molecule has 0 aliphatic heterocycles. The average molecular weight is 210 g/mol. The molecule has 0 radical (unpaired) electrons. The van der Waals surface area contributed by atoms with E-state index in [0.717, 1.165) is 22.6 Å². The van der Waals surface area contributed by atoms with Crippen LogP contribution in [0, 0.1) is 12.8 Å². The molecule has 3 heteroatoms. The fourth-order valence-corrected chi connectivity index (χ4v) is 2.15. The molecule has 74 valence electrons. The number of amides is 1. The van der Waals surface area contributed by atoms with Crippen LogP contribution in [0.2, 0.25) is 5.02 Å². The maximum absolute atomic E-state index is 10.9. The van der Waals surface area contributed by atoms with Crippen LogP contribution in [0.25, 0.3) is 0 Å². The van der Waals surface area contributed by atoms with Gasteiger partial charge in [-0.2, -0.15) is 0 Å². The van der Waals surface area contributed by atoms with Gasteiger partial charge < -0.3 is 5.73 Å². The summed E-state index contributed by atoms with van der Waals surface area (Å²) >= 11 is 5.93. The van der Waals surface area contributed by atoms with Gasteiger partial charge in [-0.15, -0.1) is 0 Å². The van der Waals surface area contributed by atoms with Crippen molar-refractivity contribution < 1.29 is 4.79 Å². The SMILES string of the molecule is Cc1cc(Cl)cc([C@H]2C[C@@H]2C(N)=O)c1. The molecule has 1 aromatic carbocycles.